The maximum atomic E-state index is 12.9. The molecule has 0 spiro atoms. The second-order valence-electron chi connectivity index (χ2n) is 8.62. The zero-order valence-corrected chi connectivity index (χ0v) is 19.6. The summed E-state index contributed by atoms with van der Waals surface area (Å²) >= 11 is 0. The molecule has 4 rings (SSSR count). The van der Waals surface area contributed by atoms with Crippen molar-refractivity contribution in [3.63, 3.8) is 0 Å². The fourth-order valence-corrected chi connectivity index (χ4v) is 4.27. The number of pyridine rings is 1. The number of hydrogen-bond donors (Lipinski definition) is 2. The number of hydrogen-bond acceptors (Lipinski definition) is 6. The van der Waals surface area contributed by atoms with E-state index in [-0.39, 0.29) is 23.4 Å². The first-order chi connectivity index (χ1) is 17.2. The van der Waals surface area contributed by atoms with Crippen molar-refractivity contribution < 1.29 is 32.2 Å². The van der Waals surface area contributed by atoms with E-state index >= 15 is 0 Å². The van der Waals surface area contributed by atoms with E-state index in [0.717, 1.165) is 29.4 Å². The lowest BCUT2D eigenvalue weighted by atomic mass is 9.91. The molecular weight excluding hydrogens is 475 g/mol. The minimum Gasteiger partial charge on any atom is -0.493 e. The number of para-hydroxylation sites is 2. The molecule has 2 aromatic carbocycles. The maximum Gasteiger partial charge on any atom is 0.491 e. The Bertz CT molecular complexity index is 1240. The number of fused-ring (bicyclic) bond motifs is 1. The van der Waals surface area contributed by atoms with Crippen LogP contribution < -0.4 is 20.1 Å². The average molecular weight is 502 g/mol. The molecular formula is C26H26F3N3O4. The van der Waals surface area contributed by atoms with Gasteiger partial charge in [-0.25, -0.2) is 4.79 Å². The van der Waals surface area contributed by atoms with E-state index < -0.39 is 23.8 Å². The maximum absolute atomic E-state index is 12.9. The molecule has 1 aliphatic carbocycles. The number of ether oxygens (including phenoxy) is 2. The fourth-order valence-electron chi connectivity index (χ4n) is 4.27. The number of benzene rings is 2. The van der Waals surface area contributed by atoms with Crippen LogP contribution in [0.15, 0.2) is 54.6 Å². The van der Waals surface area contributed by atoms with Gasteiger partial charge in [-0.1, -0.05) is 30.3 Å². The molecule has 1 fully saturated rings. The number of alkyl halides is 3. The lowest BCUT2D eigenvalue weighted by Gasteiger charge is -2.30. The van der Waals surface area contributed by atoms with Crippen molar-refractivity contribution >= 4 is 22.8 Å². The number of carbonyl (C=O) groups excluding carboxylic acids is 2. The standard InChI is InChI=1S/C26H26F3N3O4/c1-35-22-8-4-6-20(23(22)36-25(34)26(27,28)29)24(33)32-18-13-11-17(12-14-18)30-15-19-10-9-16-5-2-3-7-21(16)31-19/h2-10,17-18,30H,11-15H2,1H3,(H,32,33). The van der Waals surface area contributed by atoms with Crippen molar-refractivity contribution in [2.45, 2.75) is 50.5 Å². The van der Waals surface area contributed by atoms with Crippen LogP contribution in [0.5, 0.6) is 11.5 Å². The summed E-state index contributed by atoms with van der Waals surface area (Å²) in [4.78, 5) is 28.9. The smallest absolute Gasteiger partial charge is 0.491 e. The summed E-state index contributed by atoms with van der Waals surface area (Å²) in [5, 5.41) is 7.45. The Morgan fingerprint density at radius 2 is 1.69 bits per heavy atom. The molecule has 0 bridgehead atoms. The van der Waals surface area contributed by atoms with E-state index in [1.807, 2.05) is 36.4 Å². The molecule has 1 aliphatic rings. The molecule has 0 aliphatic heterocycles. The average Bonchev–Trinajstić information content (AvgIpc) is 2.87. The van der Waals surface area contributed by atoms with E-state index in [1.54, 1.807) is 0 Å². The normalized spacial score (nSPS) is 18.0. The van der Waals surface area contributed by atoms with Gasteiger partial charge in [0.1, 0.15) is 0 Å². The first-order valence-electron chi connectivity index (χ1n) is 11.6. The molecule has 0 radical (unpaired) electrons. The van der Waals surface area contributed by atoms with Gasteiger partial charge in [0.25, 0.3) is 5.91 Å². The number of nitrogens with zero attached hydrogens (tertiary/aromatic N) is 1. The molecule has 3 aromatic rings. The second kappa shape index (κ2) is 10.9. The van der Waals surface area contributed by atoms with Crippen molar-refractivity contribution in [2.75, 3.05) is 7.11 Å². The Morgan fingerprint density at radius 1 is 0.972 bits per heavy atom. The summed E-state index contributed by atoms with van der Waals surface area (Å²) in [7, 11) is 1.21. The van der Waals surface area contributed by atoms with Crippen LogP contribution in [0.25, 0.3) is 10.9 Å². The van der Waals surface area contributed by atoms with E-state index in [4.69, 9.17) is 4.74 Å². The summed E-state index contributed by atoms with van der Waals surface area (Å²) in [6.07, 6.45) is -2.20. The van der Waals surface area contributed by atoms with E-state index in [2.05, 4.69) is 20.4 Å². The van der Waals surface area contributed by atoms with Gasteiger partial charge in [-0.3, -0.25) is 9.78 Å². The molecule has 190 valence electrons. The Kier molecular flexibility index (Phi) is 7.73. The molecule has 10 heteroatoms. The topological polar surface area (TPSA) is 89.6 Å². The minimum atomic E-state index is -5.21. The summed E-state index contributed by atoms with van der Waals surface area (Å²) < 4.78 is 47.7. The fraction of sp³-hybridized carbons (Fsp3) is 0.346. The van der Waals surface area contributed by atoms with Gasteiger partial charge >= 0.3 is 12.1 Å². The Balaban J connectivity index is 1.32. The molecule has 2 N–H and O–H groups in total. The highest BCUT2D eigenvalue weighted by Gasteiger charge is 2.42. The summed E-state index contributed by atoms with van der Waals surface area (Å²) in [5.74, 6) is -3.75. The molecule has 0 atom stereocenters. The van der Waals surface area contributed by atoms with Crippen molar-refractivity contribution in [1.29, 1.82) is 0 Å². The Hall–Kier alpha value is -3.66. The summed E-state index contributed by atoms with van der Waals surface area (Å²) in [5.41, 5.74) is 1.69. The van der Waals surface area contributed by atoms with Gasteiger partial charge in [0, 0.05) is 24.0 Å². The quantitative estimate of drug-likeness (QED) is 0.365. The molecule has 1 saturated carbocycles. The van der Waals surface area contributed by atoms with Crippen molar-refractivity contribution in [3.8, 4) is 11.5 Å². The van der Waals surface area contributed by atoms with Gasteiger partial charge in [0.05, 0.1) is 23.9 Å². The number of rotatable bonds is 7. The number of halogens is 3. The SMILES string of the molecule is COc1cccc(C(=O)NC2CCC(NCc3ccc4ccccc4n3)CC2)c1OC(=O)C(F)(F)F. The van der Waals surface area contributed by atoms with Gasteiger partial charge in [-0.2, -0.15) is 13.2 Å². The molecule has 0 saturated heterocycles. The third-order valence-electron chi connectivity index (χ3n) is 6.16. The predicted molar refractivity (Wildman–Crippen MR) is 127 cm³/mol. The molecule has 1 amide bonds. The molecule has 0 unspecified atom stereocenters. The number of methoxy groups -OCH3 is 1. The summed E-state index contributed by atoms with van der Waals surface area (Å²) in [6.45, 7) is 0.629. The first kappa shape index (κ1) is 25.4. The van der Waals surface area contributed by atoms with E-state index in [0.29, 0.717) is 19.4 Å². The van der Waals surface area contributed by atoms with Crippen LogP contribution >= 0.6 is 0 Å². The number of carbonyl (C=O) groups is 2. The van der Waals surface area contributed by atoms with Crippen molar-refractivity contribution in [3.05, 3.63) is 65.9 Å². The number of aromatic nitrogens is 1. The van der Waals surface area contributed by atoms with E-state index in [1.165, 1.54) is 25.3 Å². The van der Waals surface area contributed by atoms with Gasteiger partial charge in [0.2, 0.25) is 0 Å². The number of amides is 1. The lowest BCUT2D eigenvalue weighted by molar-refractivity contribution is -0.189. The van der Waals surface area contributed by atoms with Crippen LogP contribution in [0, 0.1) is 0 Å². The molecule has 7 nitrogen and oxygen atoms in total. The monoisotopic (exact) mass is 501 g/mol. The van der Waals surface area contributed by atoms with Crippen molar-refractivity contribution in [2.24, 2.45) is 0 Å². The van der Waals surface area contributed by atoms with Gasteiger partial charge in [-0.15, -0.1) is 0 Å². The molecule has 1 aromatic heterocycles. The minimum absolute atomic E-state index is 0.143. The number of esters is 1. The first-order valence-corrected chi connectivity index (χ1v) is 11.6. The van der Waals surface area contributed by atoms with Crippen molar-refractivity contribution in [1.82, 2.24) is 15.6 Å². The Morgan fingerprint density at radius 3 is 2.42 bits per heavy atom. The third kappa shape index (κ3) is 6.12. The summed E-state index contributed by atoms with van der Waals surface area (Å²) in [6, 6.07) is 16.1. The van der Waals surface area contributed by atoms with Crippen LogP contribution in [0.1, 0.15) is 41.7 Å². The van der Waals surface area contributed by atoms with Gasteiger partial charge in [-0.05, 0) is 49.9 Å². The molecule has 1 heterocycles. The van der Waals surface area contributed by atoms with Gasteiger partial charge < -0.3 is 20.1 Å². The van der Waals surface area contributed by atoms with Crippen LogP contribution in [0.2, 0.25) is 0 Å². The highest BCUT2D eigenvalue weighted by atomic mass is 19.4. The number of nitrogens with one attached hydrogen (secondary N) is 2. The predicted octanol–water partition coefficient (Wildman–Crippen LogP) is 4.54. The van der Waals surface area contributed by atoms with Crippen LogP contribution in [-0.2, 0) is 11.3 Å². The van der Waals surface area contributed by atoms with Crippen LogP contribution in [0.3, 0.4) is 0 Å². The Labute approximate surface area is 206 Å². The zero-order valence-electron chi connectivity index (χ0n) is 19.6. The second-order valence-corrected chi connectivity index (χ2v) is 8.62. The molecule has 36 heavy (non-hydrogen) atoms. The lowest BCUT2D eigenvalue weighted by Crippen LogP contribution is -2.42. The van der Waals surface area contributed by atoms with Crippen LogP contribution in [-0.4, -0.2) is 42.2 Å². The van der Waals surface area contributed by atoms with Gasteiger partial charge in [0.15, 0.2) is 11.5 Å². The highest BCUT2D eigenvalue weighted by Crippen LogP contribution is 2.33. The zero-order chi connectivity index (χ0) is 25.7. The largest absolute Gasteiger partial charge is 0.493 e. The third-order valence-corrected chi connectivity index (χ3v) is 6.16. The van der Waals surface area contributed by atoms with E-state index in [9.17, 15) is 22.8 Å². The van der Waals surface area contributed by atoms with Crippen LogP contribution in [0.4, 0.5) is 13.2 Å². The highest BCUT2D eigenvalue weighted by molar-refractivity contribution is 5.99.